The summed E-state index contributed by atoms with van der Waals surface area (Å²) in [4.78, 5) is 67.6. The molecule has 1 saturated carbocycles. The Morgan fingerprint density at radius 3 is 2.06 bits per heavy atom. The summed E-state index contributed by atoms with van der Waals surface area (Å²) in [5.41, 5.74) is 4.59. The Hall–Kier alpha value is -3.86. The maximum Gasteiger partial charge on any atom is 0.315 e. The second-order valence-electron chi connectivity index (χ2n) is 17.1. The van der Waals surface area contributed by atoms with Crippen LogP contribution in [0, 0.1) is 28.1 Å². The minimum Gasteiger partial charge on any atom is -0.366 e. The van der Waals surface area contributed by atoms with Crippen molar-refractivity contribution < 1.29 is 41.2 Å². The number of amides is 6. The summed E-state index contributed by atoms with van der Waals surface area (Å²) in [5, 5.41) is 10.7. The van der Waals surface area contributed by atoms with Crippen molar-refractivity contribution in [1.29, 1.82) is 0 Å². The molecular weight excluding hydrogens is 713 g/mol. The molecule has 0 spiro atoms. The first-order valence-corrected chi connectivity index (χ1v) is 19.5. The number of primary amides is 1. The molecule has 1 saturated heterocycles. The lowest BCUT2D eigenvalue weighted by Crippen LogP contribution is -2.62. The van der Waals surface area contributed by atoms with Crippen LogP contribution in [0.3, 0.4) is 0 Å². The number of benzene rings is 1. The number of nitrogens with two attached hydrogens (primary N) is 1. The molecule has 2 fully saturated rings. The number of carbonyl (C=O) groups is 5. The lowest BCUT2D eigenvalue weighted by Gasteiger charge is -2.39. The Morgan fingerprint density at radius 1 is 0.981 bits per heavy atom. The average molecular weight is 770 g/mol. The van der Waals surface area contributed by atoms with Crippen LogP contribution in [0.5, 0.6) is 0 Å². The molecule has 0 aromatic heterocycles. The Bertz CT molecular complexity index is 1640. The topological polar surface area (TPSA) is 200 Å². The normalized spacial score (nSPS) is 21.3. The monoisotopic (exact) mass is 769 g/mol. The van der Waals surface area contributed by atoms with Crippen LogP contribution in [0.1, 0.15) is 77.7 Å². The third kappa shape index (κ3) is 11.1. The van der Waals surface area contributed by atoms with Gasteiger partial charge in [-0.15, -0.1) is 0 Å². The molecule has 6 amide bonds. The number of fused-ring (bicyclic) bond motifs is 1. The number of rotatable bonds is 15. The highest BCUT2D eigenvalue weighted by molar-refractivity contribution is 7.88. The molecule has 0 bridgehead atoms. The molecule has 14 nitrogen and oxygen atoms in total. The van der Waals surface area contributed by atoms with Gasteiger partial charge in [0.25, 0.3) is 0 Å². The van der Waals surface area contributed by atoms with E-state index in [-0.39, 0.29) is 36.9 Å². The second kappa shape index (κ2) is 16.2. The number of alkyl halides is 2. The van der Waals surface area contributed by atoms with E-state index in [1.807, 2.05) is 34.6 Å². The van der Waals surface area contributed by atoms with Gasteiger partial charge in [-0.3, -0.25) is 19.2 Å². The quantitative estimate of drug-likeness (QED) is 0.180. The summed E-state index contributed by atoms with van der Waals surface area (Å²) >= 11 is 0. The zero-order valence-corrected chi connectivity index (χ0v) is 33.2. The van der Waals surface area contributed by atoms with Gasteiger partial charge in [0.15, 0.2) is 0 Å². The average Bonchev–Trinajstić information content (AvgIpc) is 3.32. The smallest absolute Gasteiger partial charge is 0.315 e. The molecule has 6 N–H and O–H groups in total. The van der Waals surface area contributed by atoms with Gasteiger partial charge >= 0.3 is 6.03 Å². The Labute approximate surface area is 311 Å². The van der Waals surface area contributed by atoms with Gasteiger partial charge in [-0.1, -0.05) is 67.5 Å². The predicted molar refractivity (Wildman–Crippen MR) is 196 cm³/mol. The summed E-state index contributed by atoms with van der Waals surface area (Å²) in [6.45, 7) is 14.9. The van der Waals surface area contributed by atoms with Crippen molar-refractivity contribution in [3.05, 3.63) is 35.4 Å². The molecule has 17 heteroatoms. The largest absolute Gasteiger partial charge is 0.366 e. The van der Waals surface area contributed by atoms with Crippen molar-refractivity contribution in [2.45, 2.75) is 98.8 Å². The first kappa shape index (κ1) is 43.5. The van der Waals surface area contributed by atoms with E-state index in [4.69, 9.17) is 5.73 Å². The third-order valence-corrected chi connectivity index (χ3v) is 11.8. The summed E-state index contributed by atoms with van der Waals surface area (Å²) in [6.07, 6.45) is -2.48. The fourth-order valence-electron chi connectivity index (χ4n) is 6.84. The van der Waals surface area contributed by atoms with E-state index in [0.717, 1.165) is 16.1 Å². The zero-order chi connectivity index (χ0) is 40.4. The van der Waals surface area contributed by atoms with Crippen LogP contribution >= 0.6 is 0 Å². The van der Waals surface area contributed by atoms with Crippen LogP contribution in [-0.2, 0) is 30.8 Å². The minimum atomic E-state index is -3.55. The van der Waals surface area contributed by atoms with Crippen molar-refractivity contribution in [1.82, 2.24) is 30.5 Å². The fraction of sp³-hybridized carbons (Fsp3) is 0.694. The Balaban J connectivity index is 1.78. The van der Waals surface area contributed by atoms with Gasteiger partial charge < -0.3 is 31.9 Å². The second-order valence-corrected chi connectivity index (χ2v) is 19.1. The number of hydrogen-bond acceptors (Lipinski definition) is 7. The number of sulfonamides is 1. The van der Waals surface area contributed by atoms with Crippen LogP contribution in [0.25, 0.3) is 0 Å². The number of halogens is 2. The maximum absolute atomic E-state index is 14.3. The summed E-state index contributed by atoms with van der Waals surface area (Å²) in [7, 11) is -2.14. The van der Waals surface area contributed by atoms with Crippen molar-refractivity contribution in [3.8, 4) is 0 Å². The number of urea groups is 1. The van der Waals surface area contributed by atoms with Crippen molar-refractivity contribution in [3.63, 3.8) is 0 Å². The van der Waals surface area contributed by atoms with Crippen LogP contribution < -0.4 is 27.0 Å². The Kier molecular flexibility index (Phi) is 13.3. The minimum absolute atomic E-state index is 0.0197. The molecule has 3 unspecified atom stereocenters. The third-order valence-electron chi connectivity index (χ3n) is 10.5. The highest BCUT2D eigenvalue weighted by atomic mass is 32.2. The van der Waals surface area contributed by atoms with E-state index >= 15 is 0 Å². The van der Waals surface area contributed by atoms with Gasteiger partial charge in [-0.05, 0) is 52.2 Å². The number of nitrogens with zero attached hydrogens (tertiary/aromatic N) is 2. The highest BCUT2D eigenvalue weighted by Crippen LogP contribution is 2.65. The van der Waals surface area contributed by atoms with Gasteiger partial charge in [-0.25, -0.2) is 26.3 Å². The maximum atomic E-state index is 14.3. The van der Waals surface area contributed by atoms with Gasteiger partial charge in [0, 0.05) is 44.7 Å². The molecule has 1 aliphatic heterocycles. The molecule has 0 radical (unpaired) electrons. The predicted octanol–water partition coefficient (Wildman–Crippen LogP) is 2.09. The van der Waals surface area contributed by atoms with E-state index < -0.39 is 87.5 Å². The van der Waals surface area contributed by atoms with Gasteiger partial charge in [0.2, 0.25) is 40.1 Å². The molecule has 298 valence electrons. The summed E-state index contributed by atoms with van der Waals surface area (Å²) in [5.74, 6) is -3.07. The molecule has 53 heavy (non-hydrogen) atoms. The van der Waals surface area contributed by atoms with Gasteiger partial charge in [-0.2, -0.15) is 0 Å². The van der Waals surface area contributed by atoms with Crippen LogP contribution in [0.4, 0.5) is 13.6 Å². The molecule has 1 aliphatic carbocycles. The fourth-order valence-corrected chi connectivity index (χ4v) is 7.26. The summed E-state index contributed by atoms with van der Waals surface area (Å²) in [6, 6.07) is 1.25. The molecule has 2 aliphatic rings. The number of carbonyl (C=O) groups excluding carboxylic acids is 5. The molecule has 1 aromatic rings. The van der Waals surface area contributed by atoms with Crippen LogP contribution in [0.15, 0.2) is 24.3 Å². The highest BCUT2D eigenvalue weighted by Gasteiger charge is 2.70. The molecule has 1 aromatic carbocycles. The first-order valence-electron chi connectivity index (χ1n) is 17.7. The first-order chi connectivity index (χ1) is 24.2. The molecule has 6 atom stereocenters. The summed E-state index contributed by atoms with van der Waals surface area (Å²) < 4.78 is 52.8. The van der Waals surface area contributed by atoms with Crippen molar-refractivity contribution >= 4 is 39.7 Å². The van der Waals surface area contributed by atoms with Crippen LogP contribution in [0.2, 0.25) is 0 Å². The number of piperidine rings is 1. The number of likely N-dealkylation sites (tertiary alicyclic amines) is 1. The van der Waals surface area contributed by atoms with Crippen molar-refractivity contribution in [2.75, 3.05) is 32.9 Å². The van der Waals surface area contributed by atoms with E-state index in [2.05, 4.69) is 21.3 Å². The van der Waals surface area contributed by atoms with Crippen molar-refractivity contribution in [2.24, 2.45) is 33.8 Å². The zero-order valence-electron chi connectivity index (χ0n) is 32.4. The van der Waals surface area contributed by atoms with Gasteiger partial charge in [0.1, 0.15) is 18.1 Å². The SMILES string of the molecule is CN(C[C@@H](NC(=O)NC(C(=O)N1CC2C([C@H]1C(=O)N[C@@H](CC(F)F)C(=O)NCCc1ccc(C(N)=O)cc1)C2(C)C)C(C)(C)C)C(C)(C)C)S(C)(=O)=O. The standard InChI is InChI=1S/C36H57F2N7O7S/c1-34(2,3)24(19-44(9)53(10,51)52)42-33(50)43-28(35(4,5)6)32(49)45-18-22-26(36(22,7)8)27(45)31(48)41-23(17-25(37)38)30(47)40-16-15-20-11-13-21(14-12-20)29(39)46/h11-14,22-28H,15-19H2,1-10H3,(H2,39,46)(H,40,47)(H,41,48)(H2,42,43,50)/t22?,23-,24+,26?,27-,28?/m0/s1. The molecule has 3 rings (SSSR count). The van der Waals surface area contributed by atoms with E-state index in [1.54, 1.807) is 32.9 Å². The van der Waals surface area contributed by atoms with E-state index in [0.29, 0.717) is 12.0 Å². The van der Waals surface area contributed by atoms with Crippen LogP contribution in [-0.4, -0.2) is 111 Å². The number of hydrogen-bond donors (Lipinski definition) is 5. The van der Waals surface area contributed by atoms with Gasteiger partial charge in [0.05, 0.1) is 6.26 Å². The lowest BCUT2D eigenvalue weighted by atomic mass is 9.85. The van der Waals surface area contributed by atoms with E-state index in [9.17, 15) is 41.2 Å². The lowest BCUT2D eigenvalue weighted by molar-refractivity contribution is -0.144. The van der Waals surface area contributed by atoms with E-state index in [1.165, 1.54) is 24.1 Å². The number of likely N-dealkylation sites (N-methyl/N-ethyl adjacent to an activating group) is 1. The molecule has 1 heterocycles. The number of nitrogens with one attached hydrogen (secondary N) is 4. The Morgan fingerprint density at radius 2 is 1.57 bits per heavy atom. The molecular formula is C36H57F2N7O7S.